The fraction of sp³-hybridized carbons (Fsp3) is 0.533. The minimum absolute atomic E-state index is 0.0292. The van der Waals surface area contributed by atoms with E-state index in [1.54, 1.807) is 19.3 Å². The van der Waals surface area contributed by atoms with Gasteiger partial charge < -0.3 is 19.1 Å². The Hall–Kier alpha value is -2.31. The van der Waals surface area contributed by atoms with Crippen LogP contribution in [0.25, 0.3) is 0 Å². The van der Waals surface area contributed by atoms with E-state index in [2.05, 4.69) is 9.47 Å². The number of ether oxygens (including phenoxy) is 3. The first-order valence-electron chi connectivity index (χ1n) is 6.76. The molecule has 1 rings (SSSR count). The molecule has 7 nitrogen and oxygen atoms in total. The van der Waals surface area contributed by atoms with Crippen molar-refractivity contribution in [3.63, 3.8) is 0 Å². The first kappa shape index (κ1) is 17.7. The van der Waals surface area contributed by atoms with Crippen LogP contribution in [0.1, 0.15) is 6.42 Å². The summed E-state index contributed by atoms with van der Waals surface area (Å²) in [5.41, 5.74) is 0.376. The minimum atomic E-state index is -0.503. The van der Waals surface area contributed by atoms with E-state index in [1.165, 1.54) is 27.4 Å². The molecule has 0 aromatic heterocycles. The highest BCUT2D eigenvalue weighted by Crippen LogP contribution is 2.32. The minimum Gasteiger partial charge on any atom is -0.469 e. The monoisotopic (exact) mass is 311 g/mol. The number of esters is 3. The summed E-state index contributed by atoms with van der Waals surface area (Å²) in [5, 5.41) is 0. The third-order valence-electron chi connectivity index (χ3n) is 3.49. The lowest BCUT2D eigenvalue weighted by molar-refractivity contribution is -0.142. The molecule has 0 N–H and O–H groups in total. The van der Waals surface area contributed by atoms with Crippen molar-refractivity contribution in [1.29, 1.82) is 0 Å². The van der Waals surface area contributed by atoms with E-state index in [0.29, 0.717) is 12.1 Å². The molecule has 0 unspecified atom stereocenters. The van der Waals surface area contributed by atoms with E-state index in [4.69, 9.17) is 4.74 Å². The molecule has 0 bridgehead atoms. The Morgan fingerprint density at radius 2 is 1.91 bits per heavy atom. The van der Waals surface area contributed by atoms with Gasteiger partial charge >= 0.3 is 17.9 Å². The van der Waals surface area contributed by atoms with Crippen molar-refractivity contribution in [3.8, 4) is 0 Å². The average molecular weight is 311 g/mol. The first-order valence-corrected chi connectivity index (χ1v) is 6.76. The lowest BCUT2D eigenvalue weighted by atomic mass is 9.80. The zero-order valence-corrected chi connectivity index (χ0v) is 13.2. The molecule has 0 aromatic rings. The maximum absolute atomic E-state index is 11.9. The molecule has 0 aromatic carbocycles. The Morgan fingerprint density at radius 3 is 2.45 bits per heavy atom. The highest BCUT2D eigenvalue weighted by molar-refractivity contribution is 5.90. The number of carbonyl (C=O) groups excluding carboxylic acids is 3. The molecule has 0 fully saturated rings. The third kappa shape index (κ3) is 4.61. The van der Waals surface area contributed by atoms with Gasteiger partial charge in [-0.15, -0.1) is 0 Å². The summed E-state index contributed by atoms with van der Waals surface area (Å²) in [4.78, 5) is 36.7. The van der Waals surface area contributed by atoms with Gasteiger partial charge in [-0.1, -0.05) is 6.08 Å². The fourth-order valence-corrected chi connectivity index (χ4v) is 2.39. The first-order chi connectivity index (χ1) is 10.4. The Bertz CT molecular complexity index is 496. The van der Waals surface area contributed by atoms with Gasteiger partial charge in [-0.05, 0) is 0 Å². The van der Waals surface area contributed by atoms with Gasteiger partial charge in [0.1, 0.15) is 0 Å². The predicted molar refractivity (Wildman–Crippen MR) is 77.5 cm³/mol. The molecule has 0 saturated heterocycles. The Morgan fingerprint density at radius 1 is 1.23 bits per heavy atom. The molecule has 122 valence electrons. The van der Waals surface area contributed by atoms with Crippen molar-refractivity contribution < 1.29 is 28.6 Å². The maximum atomic E-state index is 11.9. The number of nitrogens with zero attached hydrogens (tertiary/aromatic N) is 1. The second kappa shape index (κ2) is 8.21. The van der Waals surface area contributed by atoms with Crippen LogP contribution in [0.3, 0.4) is 0 Å². The van der Waals surface area contributed by atoms with Gasteiger partial charge in [0.15, 0.2) is 0 Å². The zero-order chi connectivity index (χ0) is 16.7. The molecule has 0 aliphatic carbocycles. The van der Waals surface area contributed by atoms with E-state index in [0.717, 1.165) is 0 Å². The quantitative estimate of drug-likeness (QED) is 0.416. The van der Waals surface area contributed by atoms with Gasteiger partial charge in [-0.2, -0.15) is 0 Å². The number of methoxy groups -OCH3 is 3. The van der Waals surface area contributed by atoms with E-state index in [9.17, 15) is 14.4 Å². The summed E-state index contributed by atoms with van der Waals surface area (Å²) in [6, 6.07) is 0. The molecule has 1 heterocycles. The van der Waals surface area contributed by atoms with Crippen LogP contribution >= 0.6 is 0 Å². The lowest BCUT2D eigenvalue weighted by Crippen LogP contribution is -2.36. The van der Waals surface area contributed by atoms with Crippen LogP contribution in [0.2, 0.25) is 0 Å². The van der Waals surface area contributed by atoms with Crippen molar-refractivity contribution in [2.24, 2.45) is 11.8 Å². The third-order valence-corrected chi connectivity index (χ3v) is 3.49. The average Bonchev–Trinajstić information content (AvgIpc) is 2.52. The Kier molecular flexibility index (Phi) is 6.62. The van der Waals surface area contributed by atoms with E-state index >= 15 is 0 Å². The van der Waals surface area contributed by atoms with Gasteiger partial charge in [0.05, 0.1) is 33.3 Å². The van der Waals surface area contributed by atoms with Crippen molar-refractivity contribution in [2.45, 2.75) is 6.42 Å². The molecule has 0 radical (unpaired) electrons. The molecule has 7 heteroatoms. The van der Waals surface area contributed by atoms with Crippen LogP contribution in [-0.4, -0.2) is 57.7 Å². The van der Waals surface area contributed by atoms with Gasteiger partial charge in [-0.3, -0.25) is 4.79 Å². The zero-order valence-electron chi connectivity index (χ0n) is 13.2. The van der Waals surface area contributed by atoms with Crippen LogP contribution in [0.5, 0.6) is 0 Å². The SMILES string of the molecule is COC(=O)/C=C/[C@H]1CN(C)C=C(C(=O)OC)[C@H]1CC(=O)OC. The second-order valence-electron chi connectivity index (χ2n) is 4.95. The smallest absolute Gasteiger partial charge is 0.335 e. The normalized spacial score (nSPS) is 21.3. The van der Waals surface area contributed by atoms with Crippen molar-refractivity contribution in [1.82, 2.24) is 4.90 Å². The predicted octanol–water partition coefficient (Wildman–Crippen LogP) is 0.513. The van der Waals surface area contributed by atoms with Crippen LogP contribution in [0, 0.1) is 11.8 Å². The van der Waals surface area contributed by atoms with Crippen LogP contribution in [-0.2, 0) is 28.6 Å². The van der Waals surface area contributed by atoms with Crippen molar-refractivity contribution in [3.05, 3.63) is 23.9 Å². The Balaban J connectivity index is 3.09. The topological polar surface area (TPSA) is 82.1 Å². The molecule has 22 heavy (non-hydrogen) atoms. The highest BCUT2D eigenvalue weighted by atomic mass is 16.5. The van der Waals surface area contributed by atoms with Gasteiger partial charge in [0.2, 0.25) is 0 Å². The van der Waals surface area contributed by atoms with Gasteiger partial charge in [0, 0.05) is 37.7 Å². The van der Waals surface area contributed by atoms with Crippen LogP contribution < -0.4 is 0 Å². The summed E-state index contributed by atoms with van der Waals surface area (Å²) >= 11 is 0. The van der Waals surface area contributed by atoms with E-state index < -0.39 is 23.8 Å². The standard InChI is InChI=1S/C15H21NO6/c1-16-8-10(5-6-13(17)20-2)11(7-14(18)21-3)12(9-16)15(19)22-4/h5-6,9-11H,7-8H2,1-4H3/b6-5+/t10-,11-/m0/s1. The second-order valence-corrected chi connectivity index (χ2v) is 4.95. The molecule has 2 atom stereocenters. The molecular weight excluding hydrogens is 290 g/mol. The Labute approximate surface area is 129 Å². The molecule has 0 spiro atoms. The van der Waals surface area contributed by atoms with E-state index in [-0.39, 0.29) is 12.3 Å². The van der Waals surface area contributed by atoms with Gasteiger partial charge in [-0.25, -0.2) is 9.59 Å². The maximum Gasteiger partial charge on any atom is 0.335 e. The summed E-state index contributed by atoms with van der Waals surface area (Å²) in [7, 11) is 5.66. The highest BCUT2D eigenvalue weighted by Gasteiger charge is 2.34. The fourth-order valence-electron chi connectivity index (χ4n) is 2.39. The number of rotatable bonds is 5. The van der Waals surface area contributed by atoms with Crippen molar-refractivity contribution in [2.75, 3.05) is 34.9 Å². The molecule has 0 saturated carbocycles. The summed E-state index contributed by atoms with van der Waals surface area (Å²) in [5.74, 6) is -2.06. The molecule has 0 amide bonds. The van der Waals surface area contributed by atoms with Crippen LogP contribution in [0.4, 0.5) is 0 Å². The summed E-state index contributed by atoms with van der Waals surface area (Å²) in [6.07, 6.45) is 4.62. The van der Waals surface area contributed by atoms with Gasteiger partial charge in [0.25, 0.3) is 0 Å². The summed E-state index contributed by atoms with van der Waals surface area (Å²) in [6.45, 7) is 0.551. The summed E-state index contributed by atoms with van der Waals surface area (Å²) < 4.78 is 14.0. The van der Waals surface area contributed by atoms with Crippen LogP contribution in [0.15, 0.2) is 23.9 Å². The molecular formula is C15H21NO6. The number of hydrogen-bond acceptors (Lipinski definition) is 7. The molecule has 1 aliphatic rings. The number of hydrogen-bond donors (Lipinski definition) is 0. The molecule has 1 aliphatic heterocycles. The number of carbonyl (C=O) groups is 3. The van der Waals surface area contributed by atoms with Crippen molar-refractivity contribution >= 4 is 17.9 Å². The van der Waals surface area contributed by atoms with E-state index in [1.807, 2.05) is 4.90 Å². The largest absolute Gasteiger partial charge is 0.469 e. The lowest BCUT2D eigenvalue weighted by Gasteiger charge is -2.34.